The lowest BCUT2D eigenvalue weighted by atomic mass is 9.86. The molecule has 3 heteroatoms. The number of rotatable bonds is 3. The standard InChI is InChI=1S/C13H19NO2/c1-8(2)11(6-14)10-5-13-12(4-9(10)3)15-7-16-13/h4-5,8,11H,6-7,14H2,1-3H3. The lowest BCUT2D eigenvalue weighted by Gasteiger charge is -2.21. The van der Waals surface area contributed by atoms with Crippen LogP contribution in [0.3, 0.4) is 0 Å². The number of aryl methyl sites for hydroxylation is 1. The molecule has 1 aliphatic heterocycles. The van der Waals surface area contributed by atoms with E-state index in [1.165, 1.54) is 11.1 Å². The second-order valence-corrected chi connectivity index (χ2v) is 4.65. The minimum atomic E-state index is 0.327. The van der Waals surface area contributed by atoms with Gasteiger partial charge < -0.3 is 15.2 Å². The minimum Gasteiger partial charge on any atom is -0.454 e. The minimum absolute atomic E-state index is 0.327. The van der Waals surface area contributed by atoms with Crippen molar-refractivity contribution in [2.75, 3.05) is 13.3 Å². The zero-order valence-corrected chi connectivity index (χ0v) is 10.1. The fraction of sp³-hybridized carbons (Fsp3) is 0.538. The quantitative estimate of drug-likeness (QED) is 0.852. The summed E-state index contributed by atoms with van der Waals surface area (Å²) in [4.78, 5) is 0. The highest BCUT2D eigenvalue weighted by molar-refractivity contribution is 5.49. The van der Waals surface area contributed by atoms with Crippen molar-refractivity contribution in [2.24, 2.45) is 11.7 Å². The fourth-order valence-corrected chi connectivity index (χ4v) is 2.22. The molecule has 1 aromatic carbocycles. The summed E-state index contributed by atoms with van der Waals surface area (Å²) in [7, 11) is 0. The maximum Gasteiger partial charge on any atom is 0.231 e. The van der Waals surface area contributed by atoms with Crippen molar-refractivity contribution in [1.82, 2.24) is 0 Å². The lowest BCUT2D eigenvalue weighted by Crippen LogP contribution is -2.18. The summed E-state index contributed by atoms with van der Waals surface area (Å²) < 4.78 is 10.8. The van der Waals surface area contributed by atoms with Crippen LogP contribution in [0.15, 0.2) is 12.1 Å². The summed E-state index contributed by atoms with van der Waals surface area (Å²) in [5.41, 5.74) is 8.36. The molecule has 88 valence electrons. The first kappa shape index (κ1) is 11.3. The van der Waals surface area contributed by atoms with Crippen LogP contribution in [0.1, 0.15) is 30.9 Å². The van der Waals surface area contributed by atoms with Gasteiger partial charge in [0.25, 0.3) is 0 Å². The van der Waals surface area contributed by atoms with Crippen molar-refractivity contribution in [1.29, 1.82) is 0 Å². The summed E-state index contributed by atoms with van der Waals surface area (Å²) in [5, 5.41) is 0. The third-order valence-electron chi connectivity index (χ3n) is 3.22. The highest BCUT2D eigenvalue weighted by Gasteiger charge is 2.21. The van der Waals surface area contributed by atoms with Gasteiger partial charge in [-0.15, -0.1) is 0 Å². The third kappa shape index (κ3) is 1.87. The third-order valence-corrected chi connectivity index (χ3v) is 3.22. The summed E-state index contributed by atoms with van der Waals surface area (Å²) >= 11 is 0. The number of nitrogens with two attached hydrogens (primary N) is 1. The molecule has 1 heterocycles. The molecule has 0 saturated heterocycles. The van der Waals surface area contributed by atoms with Gasteiger partial charge in [0.1, 0.15) is 0 Å². The Morgan fingerprint density at radius 3 is 2.44 bits per heavy atom. The van der Waals surface area contributed by atoms with Crippen molar-refractivity contribution in [2.45, 2.75) is 26.7 Å². The molecule has 1 unspecified atom stereocenters. The van der Waals surface area contributed by atoms with E-state index in [1.54, 1.807) is 0 Å². The molecule has 2 rings (SSSR count). The lowest BCUT2D eigenvalue weighted by molar-refractivity contribution is 0.174. The highest BCUT2D eigenvalue weighted by Crippen LogP contribution is 2.38. The molecule has 0 amide bonds. The van der Waals surface area contributed by atoms with E-state index >= 15 is 0 Å². The molecular formula is C13H19NO2. The van der Waals surface area contributed by atoms with Crippen LogP contribution in [0.5, 0.6) is 11.5 Å². The van der Waals surface area contributed by atoms with Gasteiger partial charge in [0.2, 0.25) is 6.79 Å². The first-order chi connectivity index (χ1) is 7.63. The van der Waals surface area contributed by atoms with Gasteiger partial charge in [-0.1, -0.05) is 13.8 Å². The molecule has 0 bridgehead atoms. The molecule has 16 heavy (non-hydrogen) atoms. The Kier molecular flexibility index (Phi) is 3.06. The highest BCUT2D eigenvalue weighted by atomic mass is 16.7. The van der Waals surface area contributed by atoms with Crippen molar-refractivity contribution >= 4 is 0 Å². The Hall–Kier alpha value is -1.22. The van der Waals surface area contributed by atoms with Crippen molar-refractivity contribution in [3.8, 4) is 11.5 Å². The van der Waals surface area contributed by atoms with Crippen LogP contribution in [-0.4, -0.2) is 13.3 Å². The average molecular weight is 221 g/mol. The molecule has 1 aromatic rings. The van der Waals surface area contributed by atoms with E-state index in [0.717, 1.165) is 11.5 Å². The smallest absolute Gasteiger partial charge is 0.231 e. The van der Waals surface area contributed by atoms with E-state index < -0.39 is 0 Å². The topological polar surface area (TPSA) is 44.5 Å². The number of hydrogen-bond acceptors (Lipinski definition) is 3. The summed E-state index contributed by atoms with van der Waals surface area (Å²) in [5.74, 6) is 2.61. The van der Waals surface area contributed by atoms with E-state index in [1.807, 2.05) is 6.07 Å². The average Bonchev–Trinajstić information content (AvgIpc) is 2.65. The van der Waals surface area contributed by atoms with Gasteiger partial charge in [-0.05, 0) is 48.6 Å². The van der Waals surface area contributed by atoms with Crippen LogP contribution < -0.4 is 15.2 Å². The van der Waals surface area contributed by atoms with E-state index in [2.05, 4.69) is 26.8 Å². The van der Waals surface area contributed by atoms with Gasteiger partial charge in [-0.3, -0.25) is 0 Å². The Labute approximate surface area is 96.5 Å². The SMILES string of the molecule is Cc1cc2c(cc1C(CN)C(C)C)OCO2. The molecule has 0 aliphatic carbocycles. The molecule has 0 saturated carbocycles. The number of ether oxygens (including phenoxy) is 2. The van der Waals surface area contributed by atoms with Gasteiger partial charge in [0, 0.05) is 0 Å². The molecule has 1 atom stereocenters. The molecule has 0 aromatic heterocycles. The van der Waals surface area contributed by atoms with Gasteiger partial charge in [-0.25, -0.2) is 0 Å². The van der Waals surface area contributed by atoms with Crippen molar-refractivity contribution in [3.63, 3.8) is 0 Å². The molecule has 2 N–H and O–H groups in total. The zero-order valence-electron chi connectivity index (χ0n) is 10.1. The van der Waals surface area contributed by atoms with Crippen LogP contribution in [-0.2, 0) is 0 Å². The molecule has 0 spiro atoms. The van der Waals surface area contributed by atoms with Gasteiger partial charge in [0.05, 0.1) is 0 Å². The fourth-order valence-electron chi connectivity index (χ4n) is 2.22. The van der Waals surface area contributed by atoms with Gasteiger partial charge >= 0.3 is 0 Å². The molecular weight excluding hydrogens is 202 g/mol. The summed E-state index contributed by atoms with van der Waals surface area (Å²) in [6, 6.07) is 4.12. The zero-order chi connectivity index (χ0) is 11.7. The Morgan fingerprint density at radius 2 is 1.88 bits per heavy atom. The second kappa shape index (κ2) is 4.34. The summed E-state index contributed by atoms with van der Waals surface area (Å²) in [6.07, 6.45) is 0. The molecule has 3 nitrogen and oxygen atoms in total. The number of benzene rings is 1. The number of fused-ring (bicyclic) bond motifs is 1. The van der Waals surface area contributed by atoms with Crippen LogP contribution in [0, 0.1) is 12.8 Å². The van der Waals surface area contributed by atoms with Crippen molar-refractivity contribution in [3.05, 3.63) is 23.3 Å². The molecule has 0 radical (unpaired) electrons. The predicted octanol–water partition coefficient (Wildman–Crippen LogP) is 2.42. The van der Waals surface area contributed by atoms with E-state index in [9.17, 15) is 0 Å². The van der Waals surface area contributed by atoms with E-state index in [0.29, 0.717) is 25.2 Å². The largest absolute Gasteiger partial charge is 0.454 e. The Balaban J connectivity index is 2.40. The van der Waals surface area contributed by atoms with Crippen LogP contribution in [0.2, 0.25) is 0 Å². The Morgan fingerprint density at radius 1 is 1.25 bits per heavy atom. The first-order valence-corrected chi connectivity index (χ1v) is 5.73. The van der Waals surface area contributed by atoms with Crippen LogP contribution >= 0.6 is 0 Å². The summed E-state index contributed by atoms with van der Waals surface area (Å²) in [6.45, 7) is 7.48. The first-order valence-electron chi connectivity index (χ1n) is 5.73. The normalized spacial score (nSPS) is 15.6. The predicted molar refractivity (Wildman–Crippen MR) is 63.9 cm³/mol. The second-order valence-electron chi connectivity index (χ2n) is 4.65. The van der Waals surface area contributed by atoms with Crippen LogP contribution in [0.25, 0.3) is 0 Å². The maximum absolute atomic E-state index is 5.85. The number of hydrogen-bond donors (Lipinski definition) is 1. The van der Waals surface area contributed by atoms with Gasteiger partial charge in [0.15, 0.2) is 11.5 Å². The van der Waals surface area contributed by atoms with Crippen molar-refractivity contribution < 1.29 is 9.47 Å². The van der Waals surface area contributed by atoms with Crippen LogP contribution in [0.4, 0.5) is 0 Å². The van der Waals surface area contributed by atoms with E-state index in [-0.39, 0.29) is 0 Å². The maximum atomic E-state index is 5.85. The Bertz CT molecular complexity index is 388. The van der Waals surface area contributed by atoms with Gasteiger partial charge in [-0.2, -0.15) is 0 Å². The monoisotopic (exact) mass is 221 g/mol. The van der Waals surface area contributed by atoms with E-state index in [4.69, 9.17) is 15.2 Å². The molecule has 1 aliphatic rings. The molecule has 0 fully saturated rings.